The van der Waals surface area contributed by atoms with Crippen LogP contribution in [0.2, 0.25) is 0 Å². The fourth-order valence-corrected chi connectivity index (χ4v) is 6.30. The molecule has 0 aliphatic carbocycles. The average molecular weight is 534 g/mol. The Kier molecular flexibility index (Phi) is 10.4. The van der Waals surface area contributed by atoms with Crippen LogP contribution in [0.4, 0.5) is 0 Å². The molecule has 2 unspecified atom stereocenters. The number of ketones is 1. The summed E-state index contributed by atoms with van der Waals surface area (Å²) in [5.41, 5.74) is 0.973. The summed E-state index contributed by atoms with van der Waals surface area (Å²) < 4.78 is 36.1. The molecule has 10 nitrogen and oxygen atoms in total. The van der Waals surface area contributed by atoms with Crippen LogP contribution in [0.5, 0.6) is 0 Å². The SMILES string of the molecule is CC(C)CS(=O)(=O)CC(CC(=O)N1CCOCC1)C(=O)NC(CCc1ccccc1)C(=O)c1ncco1. The lowest BCUT2D eigenvalue weighted by atomic mass is 9.99. The lowest BCUT2D eigenvalue weighted by molar-refractivity contribution is -0.139. The predicted molar refractivity (Wildman–Crippen MR) is 137 cm³/mol. The van der Waals surface area contributed by atoms with Crippen LogP contribution in [-0.2, 0) is 30.6 Å². The molecule has 1 aromatic carbocycles. The van der Waals surface area contributed by atoms with Crippen molar-refractivity contribution >= 4 is 27.4 Å². The number of ether oxygens (including phenoxy) is 1. The van der Waals surface area contributed by atoms with Gasteiger partial charge in [0.2, 0.25) is 17.6 Å². The fourth-order valence-electron chi connectivity index (χ4n) is 4.27. The average Bonchev–Trinajstić information content (AvgIpc) is 3.41. The summed E-state index contributed by atoms with van der Waals surface area (Å²) in [6.07, 6.45) is 3.07. The molecule has 202 valence electrons. The lowest BCUT2D eigenvalue weighted by Gasteiger charge is -2.29. The lowest BCUT2D eigenvalue weighted by Crippen LogP contribution is -2.48. The molecule has 1 saturated heterocycles. The van der Waals surface area contributed by atoms with Gasteiger partial charge < -0.3 is 19.4 Å². The Morgan fingerprint density at radius 3 is 2.41 bits per heavy atom. The molecule has 11 heteroatoms. The normalized spacial score (nSPS) is 15.8. The first-order valence-electron chi connectivity index (χ1n) is 12.5. The van der Waals surface area contributed by atoms with Crippen LogP contribution >= 0.6 is 0 Å². The minimum absolute atomic E-state index is 0.102. The number of hydrogen-bond donors (Lipinski definition) is 1. The van der Waals surface area contributed by atoms with Crippen LogP contribution in [0.3, 0.4) is 0 Å². The molecule has 1 N–H and O–H groups in total. The van der Waals surface area contributed by atoms with Gasteiger partial charge in [-0.05, 0) is 24.3 Å². The van der Waals surface area contributed by atoms with Crippen molar-refractivity contribution in [2.75, 3.05) is 37.8 Å². The van der Waals surface area contributed by atoms with Gasteiger partial charge in [-0.3, -0.25) is 14.4 Å². The first-order chi connectivity index (χ1) is 17.6. The molecule has 1 fully saturated rings. The summed E-state index contributed by atoms with van der Waals surface area (Å²) in [7, 11) is -3.63. The number of aryl methyl sites for hydroxylation is 1. The van der Waals surface area contributed by atoms with Crippen LogP contribution < -0.4 is 5.32 Å². The van der Waals surface area contributed by atoms with Crippen LogP contribution in [0.1, 0.15) is 42.9 Å². The molecule has 3 rings (SSSR count). The molecule has 2 heterocycles. The van der Waals surface area contributed by atoms with E-state index in [1.807, 2.05) is 30.3 Å². The third kappa shape index (κ3) is 9.08. The third-order valence-corrected chi connectivity index (χ3v) is 8.12. The number of oxazole rings is 1. The molecule has 0 saturated carbocycles. The summed E-state index contributed by atoms with van der Waals surface area (Å²) in [4.78, 5) is 45.0. The van der Waals surface area contributed by atoms with Crippen molar-refractivity contribution in [2.45, 2.75) is 39.2 Å². The predicted octanol–water partition coefficient (Wildman–Crippen LogP) is 1.91. The molecular formula is C26H35N3O7S. The maximum absolute atomic E-state index is 13.4. The number of amides is 2. The van der Waals surface area contributed by atoms with E-state index in [2.05, 4.69) is 10.3 Å². The van der Waals surface area contributed by atoms with E-state index < -0.39 is 39.2 Å². The standard InChI is InChI=1S/C26H35N3O7S/c1-19(2)17-37(33,34)18-21(16-23(30)29-11-14-35-15-12-29)25(32)28-22(24(31)26-27-10-13-36-26)9-8-20-6-4-3-5-7-20/h3-7,10,13,19,21-22H,8-9,11-12,14-18H2,1-2H3,(H,28,32). The highest BCUT2D eigenvalue weighted by Gasteiger charge is 2.33. The minimum atomic E-state index is -3.63. The van der Waals surface area contributed by atoms with E-state index in [4.69, 9.17) is 9.15 Å². The van der Waals surface area contributed by atoms with Gasteiger partial charge in [-0.25, -0.2) is 13.4 Å². The summed E-state index contributed by atoms with van der Waals surface area (Å²) in [6.45, 7) is 5.10. The number of nitrogens with one attached hydrogen (secondary N) is 1. The number of carbonyl (C=O) groups is 3. The highest BCUT2D eigenvalue weighted by molar-refractivity contribution is 7.91. The first-order valence-corrected chi connectivity index (χ1v) is 14.3. The smallest absolute Gasteiger partial charge is 0.265 e. The molecule has 37 heavy (non-hydrogen) atoms. The van der Waals surface area contributed by atoms with Gasteiger partial charge in [-0.1, -0.05) is 44.2 Å². The molecule has 0 radical (unpaired) electrons. The second-order valence-corrected chi connectivity index (χ2v) is 11.8. The van der Waals surface area contributed by atoms with Crippen LogP contribution in [0.15, 0.2) is 47.2 Å². The molecule has 2 amide bonds. The van der Waals surface area contributed by atoms with Crippen LogP contribution in [-0.4, -0.2) is 79.8 Å². The zero-order valence-corrected chi connectivity index (χ0v) is 22.1. The largest absolute Gasteiger partial charge is 0.442 e. The van der Waals surface area contributed by atoms with E-state index in [0.29, 0.717) is 32.7 Å². The fraction of sp³-hybridized carbons (Fsp3) is 0.538. The van der Waals surface area contributed by atoms with Crippen molar-refractivity contribution in [1.29, 1.82) is 0 Å². The number of Topliss-reactive ketones (excluding diaryl/α,β-unsaturated/α-hetero) is 1. The number of morpholine rings is 1. The monoisotopic (exact) mass is 533 g/mol. The Morgan fingerprint density at radius 1 is 1.08 bits per heavy atom. The zero-order chi connectivity index (χ0) is 26.8. The molecule has 2 atom stereocenters. The van der Waals surface area contributed by atoms with Crippen molar-refractivity contribution < 1.29 is 32.0 Å². The van der Waals surface area contributed by atoms with Crippen LogP contribution in [0.25, 0.3) is 0 Å². The van der Waals surface area contributed by atoms with E-state index in [1.165, 1.54) is 12.5 Å². The quantitative estimate of drug-likeness (QED) is 0.386. The number of carbonyl (C=O) groups excluding carboxylic acids is 3. The molecule has 1 aliphatic rings. The maximum atomic E-state index is 13.4. The number of sulfone groups is 1. The minimum Gasteiger partial charge on any atom is -0.442 e. The van der Waals surface area contributed by atoms with Gasteiger partial charge in [0.05, 0.1) is 42.9 Å². The van der Waals surface area contributed by atoms with Crippen molar-refractivity contribution in [3.05, 3.63) is 54.2 Å². The van der Waals surface area contributed by atoms with E-state index >= 15 is 0 Å². The van der Waals surface area contributed by atoms with Gasteiger partial charge in [0, 0.05) is 19.5 Å². The molecule has 1 aliphatic heterocycles. The zero-order valence-electron chi connectivity index (χ0n) is 21.3. The molecule has 2 aromatic rings. The third-order valence-electron chi connectivity index (χ3n) is 6.04. The summed E-state index contributed by atoms with van der Waals surface area (Å²) in [5, 5.41) is 2.71. The molecular weight excluding hydrogens is 498 g/mol. The topological polar surface area (TPSA) is 136 Å². The van der Waals surface area contributed by atoms with Crippen molar-refractivity contribution in [1.82, 2.24) is 15.2 Å². The number of rotatable bonds is 13. The highest BCUT2D eigenvalue weighted by Crippen LogP contribution is 2.16. The van der Waals surface area contributed by atoms with Gasteiger partial charge in [-0.15, -0.1) is 0 Å². The molecule has 0 spiro atoms. The summed E-state index contributed by atoms with van der Waals surface area (Å²) >= 11 is 0. The van der Waals surface area contributed by atoms with E-state index in [9.17, 15) is 22.8 Å². The Balaban J connectivity index is 1.79. The van der Waals surface area contributed by atoms with E-state index in [0.717, 1.165) is 5.56 Å². The Labute approximate surface area is 217 Å². The Bertz CT molecular complexity index is 1130. The number of benzene rings is 1. The van der Waals surface area contributed by atoms with Crippen molar-refractivity contribution in [3.8, 4) is 0 Å². The number of aromatic nitrogens is 1. The highest BCUT2D eigenvalue weighted by atomic mass is 32.2. The van der Waals surface area contributed by atoms with Gasteiger partial charge >= 0.3 is 0 Å². The number of nitrogens with zero attached hydrogens (tertiary/aromatic N) is 2. The van der Waals surface area contributed by atoms with Gasteiger partial charge in [0.1, 0.15) is 6.26 Å². The Morgan fingerprint density at radius 2 is 1.78 bits per heavy atom. The van der Waals surface area contributed by atoms with Crippen LogP contribution in [0, 0.1) is 11.8 Å². The van der Waals surface area contributed by atoms with Crippen molar-refractivity contribution in [2.24, 2.45) is 11.8 Å². The van der Waals surface area contributed by atoms with Gasteiger partial charge in [0.25, 0.3) is 5.89 Å². The number of hydrogen-bond acceptors (Lipinski definition) is 8. The summed E-state index contributed by atoms with van der Waals surface area (Å²) in [6, 6.07) is 8.47. The van der Waals surface area contributed by atoms with E-state index in [-0.39, 0.29) is 36.3 Å². The second-order valence-electron chi connectivity index (χ2n) is 9.65. The maximum Gasteiger partial charge on any atom is 0.265 e. The molecule has 1 aromatic heterocycles. The first kappa shape index (κ1) is 28.5. The van der Waals surface area contributed by atoms with Gasteiger partial charge in [-0.2, -0.15) is 0 Å². The van der Waals surface area contributed by atoms with Crippen molar-refractivity contribution in [3.63, 3.8) is 0 Å². The molecule has 0 bridgehead atoms. The van der Waals surface area contributed by atoms with E-state index in [1.54, 1.807) is 18.7 Å². The van der Waals surface area contributed by atoms with Gasteiger partial charge in [0.15, 0.2) is 9.84 Å². The summed E-state index contributed by atoms with van der Waals surface area (Å²) in [5.74, 6) is -3.50. The second kappa shape index (κ2) is 13.5. The Hall–Kier alpha value is -3.05.